The van der Waals surface area contributed by atoms with E-state index in [9.17, 15) is 22.8 Å². The van der Waals surface area contributed by atoms with Gasteiger partial charge in [-0.2, -0.15) is 13.2 Å². The lowest BCUT2D eigenvalue weighted by Crippen LogP contribution is -2.38. The summed E-state index contributed by atoms with van der Waals surface area (Å²) in [4.78, 5) is 33.5. The van der Waals surface area contributed by atoms with E-state index in [1.165, 1.54) is 21.6 Å². The molecule has 186 valence electrons. The van der Waals surface area contributed by atoms with E-state index in [1.54, 1.807) is 31.2 Å². The van der Waals surface area contributed by atoms with Gasteiger partial charge in [-0.1, -0.05) is 43.3 Å². The van der Waals surface area contributed by atoms with Crippen molar-refractivity contribution in [3.8, 4) is 5.69 Å². The normalized spacial score (nSPS) is 12.5. The Morgan fingerprint density at radius 3 is 2.42 bits per heavy atom. The van der Waals surface area contributed by atoms with Crippen molar-refractivity contribution in [3.63, 3.8) is 0 Å². The van der Waals surface area contributed by atoms with Gasteiger partial charge in [-0.3, -0.25) is 14.2 Å². The van der Waals surface area contributed by atoms with Crippen LogP contribution >= 0.6 is 0 Å². The van der Waals surface area contributed by atoms with Gasteiger partial charge in [0.15, 0.2) is 0 Å². The average molecular weight is 494 g/mol. The Kier molecular flexibility index (Phi) is 6.97. The summed E-state index contributed by atoms with van der Waals surface area (Å²) in [5, 5.41) is 0.433. The number of halogens is 3. The standard InChI is InChI=1S/C28H26F3N3O2/c1-4-16-33(26(35)20-11-9-12-21(17-20)28(29,30)31)19(3)25-32-23-14-7-6-13-22(23)27(36)34(25)24-15-8-5-10-18(24)2/h5-15,17,19H,4,16H2,1-3H3. The molecular formula is C28H26F3N3O2. The summed E-state index contributed by atoms with van der Waals surface area (Å²) in [6, 6.07) is 18.0. The Hall–Kier alpha value is -3.94. The minimum atomic E-state index is -4.57. The van der Waals surface area contributed by atoms with Crippen LogP contribution in [0, 0.1) is 6.92 Å². The van der Waals surface area contributed by atoms with Crippen LogP contribution < -0.4 is 5.56 Å². The predicted molar refractivity (Wildman–Crippen MR) is 133 cm³/mol. The van der Waals surface area contributed by atoms with E-state index in [0.717, 1.165) is 17.7 Å². The molecule has 1 heterocycles. The lowest BCUT2D eigenvalue weighted by Gasteiger charge is -2.31. The first-order valence-electron chi connectivity index (χ1n) is 11.7. The summed E-state index contributed by atoms with van der Waals surface area (Å²) in [7, 11) is 0. The van der Waals surface area contributed by atoms with Crippen molar-refractivity contribution in [1.82, 2.24) is 14.5 Å². The zero-order chi connectivity index (χ0) is 26.0. The lowest BCUT2D eigenvalue weighted by atomic mass is 10.1. The van der Waals surface area contributed by atoms with Crippen LogP contribution in [0.1, 0.15) is 53.6 Å². The van der Waals surface area contributed by atoms with E-state index in [1.807, 2.05) is 38.1 Å². The van der Waals surface area contributed by atoms with Gasteiger partial charge in [0, 0.05) is 12.1 Å². The lowest BCUT2D eigenvalue weighted by molar-refractivity contribution is -0.137. The summed E-state index contributed by atoms with van der Waals surface area (Å²) in [6.07, 6.45) is -4.00. The molecule has 4 aromatic rings. The Labute approximate surface area is 206 Å². The van der Waals surface area contributed by atoms with Crippen LogP contribution in [0.15, 0.2) is 77.6 Å². The van der Waals surface area contributed by atoms with E-state index in [-0.39, 0.29) is 17.7 Å². The van der Waals surface area contributed by atoms with Crippen LogP contribution in [0.2, 0.25) is 0 Å². The van der Waals surface area contributed by atoms with Crippen LogP contribution in [0.3, 0.4) is 0 Å². The first-order chi connectivity index (χ1) is 17.1. The molecule has 3 aromatic carbocycles. The summed E-state index contributed by atoms with van der Waals surface area (Å²) in [5.74, 6) is -0.226. The summed E-state index contributed by atoms with van der Waals surface area (Å²) < 4.78 is 41.4. The highest BCUT2D eigenvalue weighted by Gasteiger charge is 2.32. The molecule has 0 saturated carbocycles. The molecule has 1 aromatic heterocycles. The number of carbonyl (C=O) groups is 1. The van der Waals surface area contributed by atoms with Gasteiger partial charge in [-0.25, -0.2) is 4.98 Å². The average Bonchev–Trinajstić information content (AvgIpc) is 2.87. The number of aromatic nitrogens is 2. The van der Waals surface area contributed by atoms with Gasteiger partial charge >= 0.3 is 6.18 Å². The largest absolute Gasteiger partial charge is 0.416 e. The minimum Gasteiger partial charge on any atom is -0.329 e. The molecule has 0 radical (unpaired) electrons. The zero-order valence-corrected chi connectivity index (χ0v) is 20.2. The number of hydrogen-bond acceptors (Lipinski definition) is 3. The smallest absolute Gasteiger partial charge is 0.329 e. The molecule has 0 aliphatic carbocycles. The molecule has 1 amide bonds. The van der Waals surface area contributed by atoms with E-state index >= 15 is 0 Å². The maximum absolute atomic E-state index is 13.7. The van der Waals surface area contributed by atoms with E-state index in [4.69, 9.17) is 4.98 Å². The number of fused-ring (bicyclic) bond motifs is 1. The van der Waals surface area contributed by atoms with E-state index in [0.29, 0.717) is 28.8 Å². The van der Waals surface area contributed by atoms with Crippen molar-refractivity contribution in [3.05, 3.63) is 106 Å². The SMILES string of the molecule is CCCN(C(=O)c1cccc(C(F)(F)F)c1)C(C)c1nc2ccccc2c(=O)n1-c1ccccc1C. The maximum atomic E-state index is 13.7. The van der Waals surface area contributed by atoms with Crippen LogP contribution in [-0.2, 0) is 6.18 Å². The molecule has 1 unspecified atom stereocenters. The van der Waals surface area contributed by atoms with Crippen molar-refractivity contribution in [2.24, 2.45) is 0 Å². The first-order valence-corrected chi connectivity index (χ1v) is 11.7. The first kappa shape index (κ1) is 25.2. The molecule has 1 atom stereocenters. The van der Waals surface area contributed by atoms with Gasteiger partial charge in [0.25, 0.3) is 11.5 Å². The van der Waals surface area contributed by atoms with E-state index < -0.39 is 23.7 Å². The minimum absolute atomic E-state index is 0.0734. The summed E-state index contributed by atoms with van der Waals surface area (Å²) in [5.41, 5.74) is 0.715. The van der Waals surface area contributed by atoms with Crippen LogP contribution in [-0.4, -0.2) is 26.9 Å². The van der Waals surface area contributed by atoms with E-state index in [2.05, 4.69) is 0 Å². The number of aryl methyl sites for hydroxylation is 1. The Balaban J connectivity index is 1.89. The third-order valence-electron chi connectivity index (χ3n) is 6.16. The molecule has 0 aliphatic heterocycles. The molecule has 0 aliphatic rings. The Morgan fingerprint density at radius 2 is 1.72 bits per heavy atom. The van der Waals surface area contributed by atoms with Gasteiger partial charge in [-0.05, 0) is 62.2 Å². The number of alkyl halides is 3. The summed E-state index contributed by atoms with van der Waals surface area (Å²) >= 11 is 0. The molecule has 0 fully saturated rings. The molecule has 0 saturated heterocycles. The molecule has 0 bridgehead atoms. The molecule has 8 heteroatoms. The molecule has 5 nitrogen and oxygen atoms in total. The van der Waals surface area contributed by atoms with Gasteiger partial charge in [0.1, 0.15) is 5.82 Å². The molecule has 0 spiro atoms. The van der Waals surface area contributed by atoms with Crippen LogP contribution in [0.25, 0.3) is 16.6 Å². The zero-order valence-electron chi connectivity index (χ0n) is 20.2. The van der Waals surface area contributed by atoms with Crippen LogP contribution in [0.4, 0.5) is 13.2 Å². The Bertz CT molecular complexity index is 1480. The highest BCUT2D eigenvalue weighted by molar-refractivity contribution is 5.94. The van der Waals surface area contributed by atoms with Gasteiger partial charge < -0.3 is 4.90 Å². The summed E-state index contributed by atoms with van der Waals surface area (Å²) in [6.45, 7) is 5.77. The second kappa shape index (κ2) is 9.97. The fourth-order valence-electron chi connectivity index (χ4n) is 4.32. The number of rotatable bonds is 6. The quantitative estimate of drug-likeness (QED) is 0.316. The third-order valence-corrected chi connectivity index (χ3v) is 6.16. The number of amides is 1. The topological polar surface area (TPSA) is 55.2 Å². The number of nitrogens with zero attached hydrogens (tertiary/aromatic N) is 3. The van der Waals surface area contributed by atoms with Crippen molar-refractivity contribution in [1.29, 1.82) is 0 Å². The predicted octanol–water partition coefficient (Wildman–Crippen LogP) is 6.33. The van der Waals surface area contributed by atoms with Crippen molar-refractivity contribution in [2.45, 2.75) is 39.4 Å². The number of para-hydroxylation sites is 2. The van der Waals surface area contributed by atoms with Crippen molar-refractivity contribution in [2.75, 3.05) is 6.54 Å². The van der Waals surface area contributed by atoms with Crippen LogP contribution in [0.5, 0.6) is 0 Å². The van der Waals surface area contributed by atoms with Gasteiger partial charge in [0.05, 0.1) is 28.2 Å². The molecule has 36 heavy (non-hydrogen) atoms. The highest BCUT2D eigenvalue weighted by atomic mass is 19.4. The van der Waals surface area contributed by atoms with Gasteiger partial charge in [-0.15, -0.1) is 0 Å². The monoisotopic (exact) mass is 493 g/mol. The molecule has 4 rings (SSSR count). The third kappa shape index (κ3) is 4.76. The maximum Gasteiger partial charge on any atom is 0.416 e. The molecular weight excluding hydrogens is 467 g/mol. The second-order valence-corrected chi connectivity index (χ2v) is 8.67. The fourth-order valence-corrected chi connectivity index (χ4v) is 4.32. The van der Waals surface area contributed by atoms with Crippen molar-refractivity contribution >= 4 is 16.8 Å². The van der Waals surface area contributed by atoms with Crippen molar-refractivity contribution < 1.29 is 18.0 Å². The Morgan fingerprint density at radius 1 is 1.03 bits per heavy atom. The molecule has 0 N–H and O–H groups in total. The number of hydrogen-bond donors (Lipinski definition) is 0. The highest BCUT2D eigenvalue weighted by Crippen LogP contribution is 2.31. The fraction of sp³-hybridized carbons (Fsp3) is 0.250. The second-order valence-electron chi connectivity index (χ2n) is 8.67. The van der Waals surface area contributed by atoms with Gasteiger partial charge in [0.2, 0.25) is 0 Å². The number of benzene rings is 3. The number of carbonyl (C=O) groups excluding carboxylic acids is 1.